The average molecular weight is 371 g/mol. The molecule has 0 spiro atoms. The van der Waals surface area contributed by atoms with Gasteiger partial charge in [0, 0.05) is 22.8 Å². The highest BCUT2D eigenvalue weighted by atomic mass is 16.5. The van der Waals surface area contributed by atoms with Gasteiger partial charge in [0.2, 0.25) is 0 Å². The molecule has 0 aliphatic rings. The van der Waals surface area contributed by atoms with Crippen LogP contribution in [0.25, 0.3) is 11.8 Å². The van der Waals surface area contributed by atoms with Gasteiger partial charge in [0.25, 0.3) is 5.91 Å². The molecule has 0 bridgehead atoms. The monoisotopic (exact) mass is 371 g/mol. The van der Waals surface area contributed by atoms with Gasteiger partial charge in [-0.3, -0.25) is 4.79 Å². The number of aromatic nitrogens is 1. The topological polar surface area (TPSA) is 67.0 Å². The lowest BCUT2D eigenvalue weighted by molar-refractivity contribution is -0.112. The second-order valence-corrected chi connectivity index (χ2v) is 6.15. The summed E-state index contributed by atoms with van der Waals surface area (Å²) in [5, 5.41) is 12.3. The molecule has 1 amide bonds. The molecule has 28 heavy (non-hydrogen) atoms. The predicted molar refractivity (Wildman–Crippen MR) is 110 cm³/mol. The molecule has 0 atom stereocenters. The van der Waals surface area contributed by atoms with E-state index in [1.807, 2.05) is 66.9 Å². The Morgan fingerprint density at radius 3 is 2.46 bits per heavy atom. The maximum Gasteiger partial charge on any atom is 0.266 e. The summed E-state index contributed by atoms with van der Waals surface area (Å²) in [7, 11) is 0. The molecule has 140 valence electrons. The lowest BCUT2D eigenvalue weighted by atomic mass is 10.2. The van der Waals surface area contributed by atoms with Gasteiger partial charge in [-0.1, -0.05) is 18.2 Å². The summed E-state index contributed by atoms with van der Waals surface area (Å²) >= 11 is 0. The van der Waals surface area contributed by atoms with Crippen LogP contribution in [0.1, 0.15) is 18.3 Å². The molecule has 0 saturated carbocycles. The summed E-state index contributed by atoms with van der Waals surface area (Å²) in [5.41, 5.74) is 3.39. The van der Waals surface area contributed by atoms with Gasteiger partial charge in [0.05, 0.1) is 6.61 Å². The van der Waals surface area contributed by atoms with E-state index in [0.29, 0.717) is 12.3 Å². The van der Waals surface area contributed by atoms with Crippen LogP contribution in [0.4, 0.5) is 5.69 Å². The van der Waals surface area contributed by atoms with Gasteiger partial charge < -0.3 is 14.6 Å². The van der Waals surface area contributed by atoms with Crippen LogP contribution in [-0.4, -0.2) is 17.1 Å². The number of amides is 1. The van der Waals surface area contributed by atoms with Crippen molar-refractivity contribution >= 4 is 17.7 Å². The largest absolute Gasteiger partial charge is 0.494 e. The molecular formula is C23H21N3O2. The normalized spacial score (nSPS) is 11.0. The van der Waals surface area contributed by atoms with Crippen molar-refractivity contribution < 1.29 is 9.53 Å². The van der Waals surface area contributed by atoms with Gasteiger partial charge in [-0.15, -0.1) is 0 Å². The van der Waals surface area contributed by atoms with Gasteiger partial charge in [0.15, 0.2) is 0 Å². The number of para-hydroxylation sites is 1. The lowest BCUT2D eigenvalue weighted by Gasteiger charge is -2.10. The van der Waals surface area contributed by atoms with Crippen LogP contribution in [-0.2, 0) is 4.79 Å². The van der Waals surface area contributed by atoms with Gasteiger partial charge in [-0.25, -0.2) is 0 Å². The molecule has 5 heteroatoms. The highest BCUT2D eigenvalue weighted by Gasteiger charge is 2.12. The summed E-state index contributed by atoms with van der Waals surface area (Å²) in [6, 6.07) is 22.7. The molecule has 1 heterocycles. The van der Waals surface area contributed by atoms with Crippen molar-refractivity contribution in [3.8, 4) is 17.5 Å². The minimum atomic E-state index is -0.454. The van der Waals surface area contributed by atoms with Crippen molar-refractivity contribution in [3.05, 3.63) is 83.7 Å². The van der Waals surface area contributed by atoms with E-state index >= 15 is 0 Å². The van der Waals surface area contributed by atoms with E-state index in [-0.39, 0.29) is 5.57 Å². The number of anilines is 1. The van der Waals surface area contributed by atoms with Crippen LogP contribution in [0.2, 0.25) is 0 Å². The molecule has 0 fully saturated rings. The second kappa shape index (κ2) is 8.74. The van der Waals surface area contributed by atoms with Gasteiger partial charge in [0.1, 0.15) is 17.4 Å². The number of nitrogens with zero attached hydrogens (tertiary/aromatic N) is 2. The smallest absolute Gasteiger partial charge is 0.266 e. The van der Waals surface area contributed by atoms with Crippen molar-refractivity contribution in [2.45, 2.75) is 13.8 Å². The summed E-state index contributed by atoms with van der Waals surface area (Å²) in [6.07, 6.45) is 1.60. The number of carbonyl (C=O) groups excluding carboxylic acids is 1. The van der Waals surface area contributed by atoms with E-state index in [1.165, 1.54) is 0 Å². The fourth-order valence-electron chi connectivity index (χ4n) is 2.90. The lowest BCUT2D eigenvalue weighted by Crippen LogP contribution is -2.13. The minimum Gasteiger partial charge on any atom is -0.494 e. The van der Waals surface area contributed by atoms with Crippen LogP contribution in [0, 0.1) is 18.3 Å². The van der Waals surface area contributed by atoms with Crippen molar-refractivity contribution in [2.24, 2.45) is 0 Å². The van der Waals surface area contributed by atoms with Crippen LogP contribution < -0.4 is 10.1 Å². The van der Waals surface area contributed by atoms with Crippen LogP contribution in [0.5, 0.6) is 5.75 Å². The number of rotatable bonds is 6. The number of aryl methyl sites for hydroxylation is 1. The zero-order chi connectivity index (χ0) is 19.9. The number of nitriles is 1. The second-order valence-electron chi connectivity index (χ2n) is 6.15. The van der Waals surface area contributed by atoms with Crippen LogP contribution in [0.15, 0.2) is 72.3 Å². The first-order valence-corrected chi connectivity index (χ1v) is 9.02. The van der Waals surface area contributed by atoms with Gasteiger partial charge >= 0.3 is 0 Å². The van der Waals surface area contributed by atoms with E-state index in [0.717, 1.165) is 22.8 Å². The van der Waals surface area contributed by atoms with Crippen LogP contribution in [0.3, 0.4) is 0 Å². The van der Waals surface area contributed by atoms with E-state index in [9.17, 15) is 10.1 Å². The molecule has 3 rings (SSSR count). The molecule has 2 aromatic carbocycles. The Hall–Kier alpha value is -3.78. The number of carbonyl (C=O) groups is 1. The molecule has 0 saturated heterocycles. The fraction of sp³-hybridized carbons (Fsp3) is 0.130. The average Bonchev–Trinajstić information content (AvgIpc) is 3.08. The third-order valence-corrected chi connectivity index (χ3v) is 4.20. The Morgan fingerprint density at radius 1 is 1.11 bits per heavy atom. The Balaban J connectivity index is 1.85. The van der Waals surface area contributed by atoms with Crippen molar-refractivity contribution in [3.63, 3.8) is 0 Å². The Bertz CT molecular complexity index is 1030. The molecule has 0 unspecified atom stereocenters. The summed E-state index contributed by atoms with van der Waals surface area (Å²) in [5.74, 6) is 0.276. The Labute approximate surface area is 164 Å². The molecular weight excluding hydrogens is 350 g/mol. The quantitative estimate of drug-likeness (QED) is 0.503. The van der Waals surface area contributed by atoms with Crippen molar-refractivity contribution in [1.82, 2.24) is 4.57 Å². The Kier molecular flexibility index (Phi) is 5.93. The standard InChI is InChI=1S/C23H21N3O2/c1-3-28-22-13-10-19(11-14-22)25-23(27)18(16-24)15-21-12-9-17(2)26(21)20-7-5-4-6-8-20/h4-15H,3H2,1-2H3,(H,25,27)/b18-15-. The number of hydrogen-bond donors (Lipinski definition) is 1. The maximum atomic E-state index is 12.6. The first-order chi connectivity index (χ1) is 13.6. The molecule has 0 aliphatic carbocycles. The SMILES string of the molecule is CCOc1ccc(NC(=O)/C(C#N)=C\c2ccc(C)n2-c2ccccc2)cc1. The molecule has 1 aromatic heterocycles. The van der Waals surface area contributed by atoms with E-state index < -0.39 is 5.91 Å². The number of benzene rings is 2. The predicted octanol–water partition coefficient (Wildman–Crippen LogP) is 4.73. The summed E-state index contributed by atoms with van der Waals surface area (Å²) in [6.45, 7) is 4.47. The fourth-order valence-corrected chi connectivity index (χ4v) is 2.90. The molecule has 1 N–H and O–H groups in total. The maximum absolute atomic E-state index is 12.6. The van der Waals surface area contributed by atoms with E-state index in [2.05, 4.69) is 5.32 Å². The zero-order valence-corrected chi connectivity index (χ0v) is 15.8. The summed E-state index contributed by atoms with van der Waals surface area (Å²) in [4.78, 5) is 12.6. The molecule has 5 nitrogen and oxygen atoms in total. The molecule has 0 aliphatic heterocycles. The van der Waals surface area contributed by atoms with Crippen molar-refractivity contribution in [2.75, 3.05) is 11.9 Å². The van der Waals surface area contributed by atoms with Gasteiger partial charge in [-0.2, -0.15) is 5.26 Å². The molecule has 3 aromatic rings. The first-order valence-electron chi connectivity index (χ1n) is 9.02. The van der Waals surface area contributed by atoms with E-state index in [4.69, 9.17) is 4.74 Å². The number of hydrogen-bond acceptors (Lipinski definition) is 3. The van der Waals surface area contributed by atoms with E-state index in [1.54, 1.807) is 30.3 Å². The zero-order valence-electron chi connectivity index (χ0n) is 15.8. The Morgan fingerprint density at radius 2 is 1.82 bits per heavy atom. The van der Waals surface area contributed by atoms with Crippen molar-refractivity contribution in [1.29, 1.82) is 5.26 Å². The third kappa shape index (κ3) is 4.30. The highest BCUT2D eigenvalue weighted by molar-refractivity contribution is 6.09. The molecule has 0 radical (unpaired) electrons. The number of ether oxygens (including phenoxy) is 1. The van der Waals surface area contributed by atoms with Crippen LogP contribution >= 0.6 is 0 Å². The highest BCUT2D eigenvalue weighted by Crippen LogP contribution is 2.20. The number of nitrogens with one attached hydrogen (secondary N) is 1. The van der Waals surface area contributed by atoms with Gasteiger partial charge in [-0.05, 0) is 68.5 Å². The first kappa shape index (κ1) is 19.0. The summed E-state index contributed by atoms with van der Waals surface area (Å²) < 4.78 is 7.39. The third-order valence-electron chi connectivity index (χ3n) is 4.20. The minimum absolute atomic E-state index is 0.0316.